The lowest BCUT2D eigenvalue weighted by Gasteiger charge is -2.05. The molecule has 5 aromatic rings. The van der Waals surface area contributed by atoms with Crippen molar-refractivity contribution in [3.05, 3.63) is 119 Å². The Morgan fingerprint density at radius 2 is 1.43 bits per heavy atom. The van der Waals surface area contributed by atoms with Crippen LogP contribution in [0.3, 0.4) is 0 Å². The van der Waals surface area contributed by atoms with E-state index < -0.39 is 0 Å². The molecule has 5 heterocycles. The molecule has 0 saturated heterocycles. The van der Waals surface area contributed by atoms with Crippen LogP contribution in [0.15, 0.2) is 84.9 Å². The maximum Gasteiger partial charge on any atom is 0.337 e. The van der Waals surface area contributed by atoms with Crippen molar-refractivity contribution >= 4 is 51.8 Å². The number of H-pyrrole nitrogens is 2. The zero-order chi connectivity index (χ0) is 26.8. The van der Waals surface area contributed by atoms with Gasteiger partial charge in [0.1, 0.15) is 0 Å². The fourth-order valence-corrected chi connectivity index (χ4v) is 5.78. The first-order valence-corrected chi connectivity index (χ1v) is 13.1. The summed E-state index contributed by atoms with van der Waals surface area (Å²) in [6, 6.07) is 28.3. The molecule has 8 rings (SSSR count). The third kappa shape index (κ3) is 3.47. The molecule has 0 radical (unpaired) electrons. The van der Waals surface area contributed by atoms with E-state index in [9.17, 15) is 4.79 Å². The number of rotatable bonds is 2. The van der Waals surface area contributed by atoms with Crippen molar-refractivity contribution in [2.75, 3.05) is 7.11 Å². The predicted octanol–water partition coefficient (Wildman–Crippen LogP) is 7.51. The van der Waals surface area contributed by atoms with Gasteiger partial charge in [0, 0.05) is 38.8 Å². The number of carbonyl (C=O) groups excluding carboxylic acids is 1. The third-order valence-corrected chi connectivity index (χ3v) is 7.59. The fourth-order valence-electron chi connectivity index (χ4n) is 5.78. The predicted molar refractivity (Wildman–Crippen MR) is 159 cm³/mol. The molecule has 6 heteroatoms. The summed E-state index contributed by atoms with van der Waals surface area (Å²) < 4.78 is 4.88. The minimum Gasteiger partial charge on any atom is -0.465 e. The molecule has 6 nitrogen and oxygen atoms in total. The highest BCUT2D eigenvalue weighted by Crippen LogP contribution is 2.47. The van der Waals surface area contributed by atoms with Crippen LogP contribution in [-0.4, -0.2) is 33.0 Å². The van der Waals surface area contributed by atoms with Gasteiger partial charge in [0.15, 0.2) is 0 Å². The Balaban J connectivity index is 1.43. The summed E-state index contributed by atoms with van der Waals surface area (Å²) in [6.07, 6.45) is 6.21. The second-order valence-corrected chi connectivity index (χ2v) is 10.0. The quantitative estimate of drug-likeness (QED) is 0.232. The second-order valence-electron chi connectivity index (χ2n) is 10.0. The smallest absolute Gasteiger partial charge is 0.337 e. The zero-order valence-corrected chi connectivity index (χ0v) is 21.5. The van der Waals surface area contributed by atoms with Crippen molar-refractivity contribution in [3.63, 3.8) is 0 Å². The largest absolute Gasteiger partial charge is 0.465 e. The molecular weight excluding hydrogens is 496 g/mol. The summed E-state index contributed by atoms with van der Waals surface area (Å²) in [4.78, 5) is 29.3. The highest BCUT2D eigenvalue weighted by molar-refractivity contribution is 6.10. The van der Waals surface area contributed by atoms with E-state index in [1.165, 1.54) is 18.2 Å². The molecule has 0 amide bonds. The molecule has 40 heavy (non-hydrogen) atoms. The summed E-state index contributed by atoms with van der Waals surface area (Å²) in [5, 5.41) is 0. The first-order chi connectivity index (χ1) is 19.6. The summed E-state index contributed by atoms with van der Waals surface area (Å²) in [5.74, 6) is -0.364. The van der Waals surface area contributed by atoms with Gasteiger partial charge in [-0.3, -0.25) is 0 Å². The van der Waals surface area contributed by atoms with Crippen molar-refractivity contribution < 1.29 is 9.53 Å². The van der Waals surface area contributed by atoms with Crippen molar-refractivity contribution in [2.24, 2.45) is 0 Å². The molecule has 0 saturated carbocycles. The lowest BCUT2D eigenvalue weighted by Crippen LogP contribution is -2.00. The molecule has 0 spiro atoms. The van der Waals surface area contributed by atoms with E-state index in [-0.39, 0.29) is 5.97 Å². The maximum absolute atomic E-state index is 12.0. The molecule has 1 aliphatic carbocycles. The number of fused-ring (bicyclic) bond motifs is 11. The van der Waals surface area contributed by atoms with Crippen LogP contribution in [0, 0.1) is 0 Å². The van der Waals surface area contributed by atoms with Gasteiger partial charge in [-0.2, -0.15) is 0 Å². The number of ether oxygens (including phenoxy) is 1. The van der Waals surface area contributed by atoms with Crippen molar-refractivity contribution in [2.45, 2.75) is 0 Å². The number of nitrogens with one attached hydrogen (secondary N) is 2. The molecule has 3 aliphatic rings. The summed E-state index contributed by atoms with van der Waals surface area (Å²) in [5.41, 5.74) is 14.5. The number of carbonyl (C=O) groups is 1. The van der Waals surface area contributed by atoms with E-state index in [2.05, 4.69) is 76.7 Å². The highest BCUT2D eigenvalue weighted by Gasteiger charge is 2.28. The number of benzene rings is 2. The average molecular weight is 519 g/mol. The summed E-state index contributed by atoms with van der Waals surface area (Å²) in [6.45, 7) is 0. The molecule has 3 aromatic heterocycles. The fraction of sp³-hybridized carbons (Fsp3) is 0.0294. The molecule has 0 fully saturated rings. The van der Waals surface area contributed by atoms with E-state index in [1.807, 2.05) is 24.3 Å². The van der Waals surface area contributed by atoms with E-state index >= 15 is 0 Å². The lowest BCUT2D eigenvalue weighted by atomic mass is 10.0. The topological polar surface area (TPSA) is 83.7 Å². The zero-order valence-electron chi connectivity index (χ0n) is 21.5. The van der Waals surface area contributed by atoms with Crippen LogP contribution in [0.2, 0.25) is 0 Å². The van der Waals surface area contributed by atoms with Gasteiger partial charge < -0.3 is 14.7 Å². The van der Waals surface area contributed by atoms with Crippen molar-refractivity contribution in [1.29, 1.82) is 0 Å². The van der Waals surface area contributed by atoms with Crippen LogP contribution in [0.1, 0.15) is 38.7 Å². The molecule has 0 unspecified atom stereocenters. The Morgan fingerprint density at radius 1 is 0.725 bits per heavy atom. The third-order valence-electron chi connectivity index (χ3n) is 7.59. The first kappa shape index (κ1) is 22.5. The standard InChI is InChI=1S/C34H22N4O2/c1-40-34(39)20-8-6-19(7-9-20)31-28-13-10-21(35-28)16-22-12-15-30(37-22)32-26-5-3-2-4-25(26)27-18-24(38-33(27)32)17-23-11-14-29(31)36-23/h2-18,36-37H,1H3. The van der Waals surface area contributed by atoms with Gasteiger partial charge in [-0.05, 0) is 83.4 Å². The van der Waals surface area contributed by atoms with E-state index in [0.29, 0.717) is 5.56 Å². The normalized spacial score (nSPS) is 12.8. The number of esters is 1. The molecule has 8 bridgehead atoms. The van der Waals surface area contributed by atoms with Crippen LogP contribution in [0.4, 0.5) is 0 Å². The highest BCUT2D eigenvalue weighted by atomic mass is 16.5. The van der Waals surface area contributed by atoms with Gasteiger partial charge in [-0.15, -0.1) is 0 Å². The Labute approximate surface area is 229 Å². The van der Waals surface area contributed by atoms with E-state index in [4.69, 9.17) is 14.7 Å². The molecular formula is C34H22N4O2. The number of nitrogens with zero attached hydrogens (tertiary/aromatic N) is 2. The van der Waals surface area contributed by atoms with Gasteiger partial charge in [0.05, 0.1) is 35.4 Å². The molecule has 2 aromatic carbocycles. The second kappa shape index (κ2) is 8.51. The minimum atomic E-state index is -0.364. The van der Waals surface area contributed by atoms with Crippen LogP contribution < -0.4 is 0 Å². The number of hydrogen-bond acceptors (Lipinski definition) is 4. The van der Waals surface area contributed by atoms with Gasteiger partial charge in [0.25, 0.3) is 0 Å². The maximum atomic E-state index is 12.0. The van der Waals surface area contributed by atoms with Crippen molar-refractivity contribution in [1.82, 2.24) is 19.9 Å². The van der Waals surface area contributed by atoms with E-state index in [0.717, 1.165) is 67.1 Å². The Kier molecular flexibility index (Phi) is 4.79. The van der Waals surface area contributed by atoms with Crippen LogP contribution in [0.5, 0.6) is 0 Å². The number of methoxy groups -OCH3 is 1. The van der Waals surface area contributed by atoms with Crippen molar-refractivity contribution in [3.8, 4) is 22.3 Å². The van der Waals surface area contributed by atoms with Crippen LogP contribution in [0.25, 0.3) is 68.1 Å². The van der Waals surface area contributed by atoms with Gasteiger partial charge >= 0.3 is 5.97 Å². The van der Waals surface area contributed by atoms with E-state index in [1.54, 1.807) is 12.1 Å². The average Bonchev–Trinajstić information content (AvgIpc) is 3.80. The molecule has 2 N–H and O–H groups in total. The Bertz CT molecular complexity index is 2110. The Morgan fingerprint density at radius 3 is 2.17 bits per heavy atom. The first-order valence-electron chi connectivity index (χ1n) is 13.1. The molecule has 2 aliphatic heterocycles. The molecule has 190 valence electrons. The monoisotopic (exact) mass is 518 g/mol. The van der Waals surface area contributed by atoms with Gasteiger partial charge in [-0.1, -0.05) is 36.4 Å². The number of aromatic nitrogens is 4. The molecule has 0 atom stereocenters. The van der Waals surface area contributed by atoms with Gasteiger partial charge in [-0.25, -0.2) is 14.8 Å². The minimum absolute atomic E-state index is 0.364. The lowest BCUT2D eigenvalue weighted by molar-refractivity contribution is 0.0600. The Hall–Kier alpha value is -5.49. The van der Waals surface area contributed by atoms with Crippen LogP contribution >= 0.6 is 0 Å². The number of aromatic amines is 2. The van der Waals surface area contributed by atoms with Gasteiger partial charge in [0.2, 0.25) is 0 Å². The van der Waals surface area contributed by atoms with Crippen LogP contribution in [-0.2, 0) is 4.74 Å². The summed E-state index contributed by atoms with van der Waals surface area (Å²) in [7, 11) is 1.39. The SMILES string of the molecule is COC(=O)c1ccc(-c2c3nc(cc4ccc([nH]4)c4c5nc(cc6ccc2[nH]6)C=C5c2ccccc2-4)C=C3)cc1. The summed E-state index contributed by atoms with van der Waals surface area (Å²) >= 11 is 0. The number of hydrogen-bond donors (Lipinski definition) is 2.